The Morgan fingerprint density at radius 3 is 2.64 bits per heavy atom. The third kappa shape index (κ3) is 7.45. The van der Waals surface area contributed by atoms with E-state index in [1.165, 1.54) is 44.1 Å². The van der Waals surface area contributed by atoms with Gasteiger partial charge in [-0.3, -0.25) is 4.99 Å². The molecular weight excluding hydrogens is 461 g/mol. The molecule has 1 aromatic heterocycles. The number of aromatic nitrogens is 2. The third-order valence-electron chi connectivity index (χ3n) is 5.42. The predicted octanol–water partition coefficient (Wildman–Crippen LogP) is 4.23. The van der Waals surface area contributed by atoms with Crippen LogP contribution in [0.4, 0.5) is 0 Å². The Balaban J connectivity index is 0.00000280. The summed E-state index contributed by atoms with van der Waals surface area (Å²) in [6.45, 7) is 2.69. The highest BCUT2D eigenvalue weighted by atomic mass is 127. The van der Waals surface area contributed by atoms with Crippen molar-refractivity contribution in [1.29, 1.82) is 0 Å². The van der Waals surface area contributed by atoms with E-state index in [2.05, 4.69) is 61.7 Å². The molecule has 1 fully saturated rings. The summed E-state index contributed by atoms with van der Waals surface area (Å²) in [5, 5.41) is 6.85. The molecule has 0 atom stereocenters. The Hall–Kier alpha value is -1.57. The van der Waals surface area contributed by atoms with Gasteiger partial charge in [-0.2, -0.15) is 0 Å². The van der Waals surface area contributed by atoms with Crippen molar-refractivity contribution in [3.05, 3.63) is 54.1 Å². The van der Waals surface area contributed by atoms with Gasteiger partial charge in [-0.15, -0.1) is 24.0 Å². The van der Waals surface area contributed by atoms with Gasteiger partial charge in [0.25, 0.3) is 0 Å². The molecule has 3 rings (SSSR count). The molecular formula is C22H34IN5. The minimum atomic E-state index is 0. The van der Waals surface area contributed by atoms with Crippen molar-refractivity contribution in [2.24, 2.45) is 10.9 Å². The molecule has 2 N–H and O–H groups in total. The van der Waals surface area contributed by atoms with E-state index >= 15 is 0 Å². The van der Waals surface area contributed by atoms with Crippen LogP contribution >= 0.6 is 24.0 Å². The van der Waals surface area contributed by atoms with Crippen LogP contribution in [-0.4, -0.2) is 35.6 Å². The molecule has 2 aromatic rings. The Morgan fingerprint density at radius 1 is 1.14 bits per heavy atom. The highest BCUT2D eigenvalue weighted by Crippen LogP contribution is 2.28. The summed E-state index contributed by atoms with van der Waals surface area (Å²) < 4.78 is 2.22. The number of benzene rings is 1. The van der Waals surface area contributed by atoms with E-state index in [1.807, 2.05) is 13.2 Å². The highest BCUT2D eigenvalue weighted by Gasteiger charge is 2.14. The summed E-state index contributed by atoms with van der Waals surface area (Å²) in [5.74, 6) is 2.95. The maximum atomic E-state index is 4.52. The van der Waals surface area contributed by atoms with Crippen molar-refractivity contribution in [3.8, 4) is 0 Å². The summed E-state index contributed by atoms with van der Waals surface area (Å²) in [6.07, 6.45) is 13.1. The van der Waals surface area contributed by atoms with Gasteiger partial charge in [0.15, 0.2) is 5.96 Å². The van der Waals surface area contributed by atoms with Crippen LogP contribution in [0.5, 0.6) is 0 Å². The number of hydrogen-bond acceptors (Lipinski definition) is 2. The van der Waals surface area contributed by atoms with Crippen LogP contribution in [0, 0.1) is 5.92 Å². The summed E-state index contributed by atoms with van der Waals surface area (Å²) in [6, 6.07) is 10.5. The maximum absolute atomic E-state index is 4.52. The van der Waals surface area contributed by atoms with Crippen LogP contribution in [0.25, 0.3) is 0 Å². The predicted molar refractivity (Wildman–Crippen MR) is 127 cm³/mol. The van der Waals surface area contributed by atoms with E-state index in [-0.39, 0.29) is 24.0 Å². The molecule has 1 heterocycles. The Bertz CT molecular complexity index is 692. The minimum Gasteiger partial charge on any atom is -0.356 e. The number of imidazole rings is 1. The quantitative estimate of drug-likeness (QED) is 0.237. The van der Waals surface area contributed by atoms with Gasteiger partial charge < -0.3 is 15.2 Å². The fraction of sp³-hybridized carbons (Fsp3) is 0.545. The van der Waals surface area contributed by atoms with Crippen LogP contribution in [-0.2, 0) is 13.0 Å². The largest absolute Gasteiger partial charge is 0.356 e. The van der Waals surface area contributed by atoms with Gasteiger partial charge in [-0.05, 0) is 24.3 Å². The average Bonchev–Trinajstić information content (AvgIpc) is 3.37. The second-order valence-electron chi connectivity index (χ2n) is 7.43. The molecule has 28 heavy (non-hydrogen) atoms. The van der Waals surface area contributed by atoms with Crippen molar-refractivity contribution < 1.29 is 0 Å². The normalized spacial score (nSPS) is 14.7. The van der Waals surface area contributed by atoms with Gasteiger partial charge in [0.2, 0.25) is 0 Å². The molecule has 0 bridgehead atoms. The zero-order valence-electron chi connectivity index (χ0n) is 16.9. The molecule has 0 aliphatic heterocycles. The zero-order chi connectivity index (χ0) is 18.7. The van der Waals surface area contributed by atoms with E-state index in [9.17, 15) is 0 Å². The van der Waals surface area contributed by atoms with Crippen molar-refractivity contribution >= 4 is 29.9 Å². The maximum Gasteiger partial charge on any atom is 0.190 e. The molecule has 0 radical (unpaired) electrons. The number of nitrogens with zero attached hydrogens (tertiary/aromatic N) is 3. The van der Waals surface area contributed by atoms with Gasteiger partial charge >= 0.3 is 0 Å². The molecule has 0 saturated heterocycles. The Labute approximate surface area is 186 Å². The lowest BCUT2D eigenvalue weighted by molar-refractivity contribution is 0.481. The number of rotatable bonds is 9. The van der Waals surface area contributed by atoms with Crippen LogP contribution in [0.1, 0.15) is 49.9 Å². The second-order valence-corrected chi connectivity index (χ2v) is 7.43. The first kappa shape index (κ1) is 22.7. The number of guanidine groups is 1. The molecule has 0 spiro atoms. The van der Waals surface area contributed by atoms with E-state index < -0.39 is 0 Å². The van der Waals surface area contributed by atoms with E-state index in [0.29, 0.717) is 0 Å². The van der Waals surface area contributed by atoms with Gasteiger partial charge in [0.1, 0.15) is 5.82 Å². The molecule has 6 heteroatoms. The lowest BCUT2D eigenvalue weighted by Crippen LogP contribution is -2.39. The molecule has 1 aliphatic rings. The van der Waals surface area contributed by atoms with Crippen LogP contribution in [0.2, 0.25) is 0 Å². The highest BCUT2D eigenvalue weighted by molar-refractivity contribution is 14.0. The molecule has 0 unspecified atom stereocenters. The van der Waals surface area contributed by atoms with E-state index in [1.54, 1.807) is 0 Å². The number of nitrogens with one attached hydrogen (secondary N) is 2. The molecule has 5 nitrogen and oxygen atoms in total. The van der Waals surface area contributed by atoms with E-state index in [0.717, 1.165) is 43.8 Å². The summed E-state index contributed by atoms with van der Waals surface area (Å²) in [4.78, 5) is 8.85. The van der Waals surface area contributed by atoms with Crippen molar-refractivity contribution in [1.82, 2.24) is 20.2 Å². The van der Waals surface area contributed by atoms with Crippen molar-refractivity contribution in [2.75, 3.05) is 20.1 Å². The first-order valence-electron chi connectivity index (χ1n) is 10.3. The second kappa shape index (κ2) is 12.8. The molecule has 1 aromatic carbocycles. The first-order valence-corrected chi connectivity index (χ1v) is 10.3. The van der Waals surface area contributed by atoms with Gasteiger partial charge in [0.05, 0.1) is 0 Å². The van der Waals surface area contributed by atoms with Gasteiger partial charge in [0, 0.05) is 45.5 Å². The SMILES string of the molecule is CN=C(NCCCC1CCCC1)NCCc1nccn1Cc1ccccc1.I. The monoisotopic (exact) mass is 495 g/mol. The first-order chi connectivity index (χ1) is 13.3. The lowest BCUT2D eigenvalue weighted by Gasteiger charge is -2.14. The molecule has 1 saturated carbocycles. The fourth-order valence-electron chi connectivity index (χ4n) is 3.90. The van der Waals surface area contributed by atoms with Crippen molar-refractivity contribution in [3.63, 3.8) is 0 Å². The zero-order valence-corrected chi connectivity index (χ0v) is 19.3. The Morgan fingerprint density at radius 2 is 1.89 bits per heavy atom. The lowest BCUT2D eigenvalue weighted by atomic mass is 10.0. The average molecular weight is 495 g/mol. The Kier molecular flexibility index (Phi) is 10.4. The van der Waals surface area contributed by atoms with Crippen LogP contribution < -0.4 is 10.6 Å². The van der Waals surface area contributed by atoms with Crippen LogP contribution in [0.15, 0.2) is 47.7 Å². The van der Waals surface area contributed by atoms with Crippen LogP contribution in [0.3, 0.4) is 0 Å². The number of halogens is 1. The van der Waals surface area contributed by atoms with Crippen molar-refractivity contribution in [2.45, 2.75) is 51.5 Å². The standard InChI is InChI=1S/C22H33N5.HI/c1-23-22(25-14-7-12-19-8-5-6-9-19)26-15-13-21-24-16-17-27(21)18-20-10-3-2-4-11-20;/h2-4,10-11,16-17,19H,5-9,12-15,18H2,1H3,(H2,23,25,26);1H. The number of hydrogen-bond donors (Lipinski definition) is 2. The minimum absolute atomic E-state index is 0. The summed E-state index contributed by atoms with van der Waals surface area (Å²) >= 11 is 0. The molecule has 1 aliphatic carbocycles. The summed E-state index contributed by atoms with van der Waals surface area (Å²) in [5.41, 5.74) is 1.30. The third-order valence-corrected chi connectivity index (χ3v) is 5.42. The number of aliphatic imine (C=N–C) groups is 1. The molecule has 154 valence electrons. The van der Waals surface area contributed by atoms with Gasteiger partial charge in [-0.25, -0.2) is 4.98 Å². The fourth-order valence-corrected chi connectivity index (χ4v) is 3.90. The topological polar surface area (TPSA) is 54.2 Å². The smallest absolute Gasteiger partial charge is 0.190 e. The summed E-state index contributed by atoms with van der Waals surface area (Å²) in [7, 11) is 1.84. The molecule has 0 amide bonds. The van der Waals surface area contributed by atoms with E-state index in [4.69, 9.17) is 0 Å². The van der Waals surface area contributed by atoms with Gasteiger partial charge in [-0.1, -0.05) is 56.0 Å².